The first-order valence-corrected chi connectivity index (χ1v) is 14.3. The number of aryl methyl sites for hydroxylation is 1. The minimum atomic E-state index is 0. The third-order valence-corrected chi connectivity index (χ3v) is 8.27. The molecule has 0 bridgehead atoms. The Bertz CT molecular complexity index is 1850. The molecule has 3 aliphatic rings. The smallest absolute Gasteiger partial charge is 0.220 e. The van der Waals surface area contributed by atoms with Crippen LogP contribution in [0.3, 0.4) is 0 Å². The molecule has 4 aromatic rings. The van der Waals surface area contributed by atoms with Crippen molar-refractivity contribution < 1.29 is 39.9 Å². The lowest BCUT2D eigenvalue weighted by molar-refractivity contribution is -0.399. The number of hydrogen-bond donors (Lipinski definition) is 1. The van der Waals surface area contributed by atoms with E-state index in [0.29, 0.717) is 0 Å². The summed E-state index contributed by atoms with van der Waals surface area (Å²) in [4.78, 5) is 8.93. The predicted octanol–water partition coefficient (Wildman–Crippen LogP) is 0.0188. The summed E-state index contributed by atoms with van der Waals surface area (Å²) < 4.78 is 8.33. The quantitative estimate of drug-likeness (QED) is 0.326. The molecule has 1 unspecified atom stereocenters. The zero-order valence-corrected chi connectivity index (χ0v) is 27.8. The molecule has 0 aromatic heterocycles. The first-order chi connectivity index (χ1) is 20.1. The molecule has 0 amide bonds. The third kappa shape index (κ3) is 5.85. The van der Waals surface area contributed by atoms with Crippen molar-refractivity contribution in [2.45, 2.75) is 19.9 Å². The van der Waals surface area contributed by atoms with Crippen LogP contribution in [-0.4, -0.2) is 57.3 Å². The predicted molar refractivity (Wildman–Crippen MR) is 176 cm³/mol. The number of ether oxygens (including phenoxy) is 1. The zero-order valence-electron chi connectivity index (χ0n) is 26.3. The highest BCUT2D eigenvalue weighted by molar-refractivity contribution is 6.22. The van der Waals surface area contributed by atoms with Crippen molar-refractivity contribution in [1.82, 2.24) is 0 Å². The lowest BCUT2D eigenvalue weighted by Gasteiger charge is -2.24. The molecule has 228 valence electrons. The third-order valence-electron chi connectivity index (χ3n) is 8.27. The maximum Gasteiger partial charge on any atom is 0.220 e. The summed E-state index contributed by atoms with van der Waals surface area (Å²) in [5.74, 6) is 1.63. The summed E-state index contributed by atoms with van der Waals surface area (Å²) in [6.45, 7) is 4.17. The fourth-order valence-corrected chi connectivity index (χ4v) is 5.89. The Kier molecular flexibility index (Phi) is 9.59. The Morgan fingerprint density at radius 3 is 2.20 bits per heavy atom. The largest absolute Gasteiger partial charge is 1.00 e. The van der Waals surface area contributed by atoms with Gasteiger partial charge in [0.2, 0.25) is 11.4 Å². The Hall–Kier alpha value is -4.10. The lowest BCUT2D eigenvalue weighted by Crippen LogP contribution is -3.00. The average Bonchev–Trinajstić information content (AvgIpc) is 3.25. The second kappa shape index (κ2) is 12.9. The summed E-state index contributed by atoms with van der Waals surface area (Å²) >= 11 is 0. The van der Waals surface area contributed by atoms with Gasteiger partial charge in [-0.1, -0.05) is 24.3 Å². The van der Waals surface area contributed by atoms with Gasteiger partial charge in [-0.05, 0) is 72.8 Å². The van der Waals surface area contributed by atoms with Crippen LogP contribution in [0.5, 0.6) is 5.75 Å². The Morgan fingerprint density at radius 1 is 0.864 bits per heavy atom. The topological polar surface area (TPSA) is 58.7 Å². The van der Waals surface area contributed by atoms with Crippen molar-refractivity contribution in [3.8, 4) is 5.75 Å². The SMILES string of the molecule is CC1=CC2=Nc3cc(C)c(N(C)C)cc3OC2=CC1[NH3+].CN(C)c1ccc(C2=[N+](C)c3cccc4cccc2c34)cc1.[Cl-].[Cl-]. The van der Waals surface area contributed by atoms with Crippen LogP contribution >= 0.6 is 0 Å². The number of rotatable bonds is 3. The van der Waals surface area contributed by atoms with E-state index in [2.05, 4.69) is 134 Å². The van der Waals surface area contributed by atoms with E-state index in [-0.39, 0.29) is 30.9 Å². The van der Waals surface area contributed by atoms with Crippen molar-refractivity contribution in [2.75, 3.05) is 45.0 Å². The molecule has 4 aromatic carbocycles. The van der Waals surface area contributed by atoms with Crippen molar-refractivity contribution in [1.29, 1.82) is 0 Å². The number of fused-ring (bicyclic) bond motifs is 2. The molecular formula is C36H39Cl2N5O. The molecule has 8 heteroatoms. The van der Waals surface area contributed by atoms with Crippen LogP contribution in [0.1, 0.15) is 23.6 Å². The number of hydrogen-bond acceptors (Lipinski definition) is 4. The molecule has 2 heterocycles. The average molecular weight is 629 g/mol. The van der Waals surface area contributed by atoms with Crippen LogP contribution in [0, 0.1) is 6.92 Å². The number of halogens is 2. The highest BCUT2D eigenvalue weighted by Crippen LogP contribution is 2.40. The molecule has 0 spiro atoms. The van der Waals surface area contributed by atoms with E-state index in [0.717, 1.165) is 28.6 Å². The Morgan fingerprint density at radius 2 is 1.55 bits per heavy atom. The number of nitrogens with zero attached hydrogens (tertiary/aromatic N) is 4. The van der Waals surface area contributed by atoms with Gasteiger partial charge in [0, 0.05) is 63.3 Å². The molecule has 0 saturated carbocycles. The monoisotopic (exact) mass is 627 g/mol. The second-order valence-electron chi connectivity index (χ2n) is 11.7. The fraction of sp³-hybridized carbons (Fsp3) is 0.222. The number of aliphatic imine (C=N–C) groups is 1. The van der Waals surface area contributed by atoms with Gasteiger partial charge in [0.05, 0.1) is 10.9 Å². The zero-order chi connectivity index (χ0) is 29.7. The van der Waals surface area contributed by atoms with E-state index < -0.39 is 0 Å². The van der Waals surface area contributed by atoms with Crippen LogP contribution < -0.4 is 45.1 Å². The maximum absolute atomic E-state index is 6.02. The summed E-state index contributed by atoms with van der Waals surface area (Å²) in [6, 6.07) is 26.2. The van der Waals surface area contributed by atoms with E-state index in [1.807, 2.05) is 20.2 Å². The number of allylic oxidation sites excluding steroid dienone is 1. The van der Waals surface area contributed by atoms with Crippen LogP contribution in [0.25, 0.3) is 10.8 Å². The van der Waals surface area contributed by atoms with Gasteiger partial charge in [-0.15, -0.1) is 0 Å². The minimum absolute atomic E-state index is 0. The molecule has 7 rings (SSSR count). The molecule has 0 saturated heterocycles. The van der Waals surface area contributed by atoms with E-state index in [1.54, 1.807) is 0 Å². The molecule has 3 N–H and O–H groups in total. The fourth-order valence-electron chi connectivity index (χ4n) is 5.89. The summed E-state index contributed by atoms with van der Waals surface area (Å²) in [6.07, 6.45) is 4.09. The van der Waals surface area contributed by atoms with Gasteiger partial charge in [-0.2, -0.15) is 4.58 Å². The second-order valence-corrected chi connectivity index (χ2v) is 11.7. The maximum atomic E-state index is 6.02. The van der Waals surface area contributed by atoms with Crippen LogP contribution in [0.15, 0.2) is 101 Å². The lowest BCUT2D eigenvalue weighted by atomic mass is 9.98. The number of anilines is 2. The number of benzene rings is 4. The van der Waals surface area contributed by atoms with Crippen LogP contribution in [-0.2, 0) is 0 Å². The van der Waals surface area contributed by atoms with Crippen molar-refractivity contribution in [2.24, 2.45) is 4.99 Å². The molecule has 0 fully saturated rings. The Balaban J connectivity index is 0.000000193. The molecule has 0 radical (unpaired) electrons. The molecule has 1 atom stereocenters. The van der Waals surface area contributed by atoms with E-state index in [4.69, 9.17) is 9.73 Å². The Labute approximate surface area is 272 Å². The van der Waals surface area contributed by atoms with E-state index in [9.17, 15) is 0 Å². The first kappa shape index (κ1) is 32.8. The summed E-state index contributed by atoms with van der Waals surface area (Å²) in [5, 5.41) is 2.67. The van der Waals surface area contributed by atoms with Crippen molar-refractivity contribution in [3.63, 3.8) is 0 Å². The van der Waals surface area contributed by atoms with Crippen molar-refractivity contribution >= 4 is 44.9 Å². The van der Waals surface area contributed by atoms with Gasteiger partial charge in [0.15, 0.2) is 11.5 Å². The van der Waals surface area contributed by atoms with E-state index in [1.165, 1.54) is 50.1 Å². The van der Waals surface area contributed by atoms with Gasteiger partial charge < -0.3 is 45.1 Å². The highest BCUT2D eigenvalue weighted by atomic mass is 35.5. The van der Waals surface area contributed by atoms with Gasteiger partial charge >= 0.3 is 0 Å². The highest BCUT2D eigenvalue weighted by Gasteiger charge is 2.30. The van der Waals surface area contributed by atoms with Crippen molar-refractivity contribution in [3.05, 3.63) is 113 Å². The normalized spacial score (nSPS) is 15.6. The van der Waals surface area contributed by atoms with Gasteiger partial charge in [-0.3, -0.25) is 0 Å². The van der Waals surface area contributed by atoms with Gasteiger partial charge in [0.25, 0.3) is 0 Å². The van der Waals surface area contributed by atoms with E-state index >= 15 is 0 Å². The summed E-state index contributed by atoms with van der Waals surface area (Å²) in [7, 11) is 10.4. The minimum Gasteiger partial charge on any atom is -1.00 e. The van der Waals surface area contributed by atoms with Gasteiger partial charge in [-0.25, -0.2) is 4.99 Å². The van der Waals surface area contributed by atoms with Crippen LogP contribution in [0.2, 0.25) is 0 Å². The molecule has 2 aliphatic heterocycles. The molecule has 44 heavy (non-hydrogen) atoms. The number of quaternary nitrogens is 1. The molecule has 6 nitrogen and oxygen atoms in total. The molecule has 1 aliphatic carbocycles. The molecular weight excluding hydrogens is 589 g/mol. The summed E-state index contributed by atoms with van der Waals surface area (Å²) in [5.41, 5.74) is 15.8. The van der Waals surface area contributed by atoms with Crippen LogP contribution in [0.4, 0.5) is 22.7 Å². The first-order valence-electron chi connectivity index (χ1n) is 14.3. The standard InChI is InChI=1S/C20H19N2.C16H19N3O.2ClH/c1-21(2)16-12-10-15(11-13-16)20-17-8-4-6-14-7-5-9-18(19(14)17)22(20)3;1-9-5-12-15(7-11(9)17)20-16-8-14(19(3)4)10(2)6-13(16)18-12;;/h4-13H,1-3H3;5-8,11H,17H2,1-4H3;2*1H/q+1;;;/p-1. The van der Waals surface area contributed by atoms with Gasteiger partial charge in [0.1, 0.15) is 24.5 Å².